The number of fused-ring (bicyclic) bond motifs is 1. The third-order valence-corrected chi connectivity index (χ3v) is 4.00. The molecule has 1 amide bonds. The van der Waals surface area contributed by atoms with Gasteiger partial charge in [0.2, 0.25) is 5.91 Å². The van der Waals surface area contributed by atoms with E-state index in [0.29, 0.717) is 19.5 Å². The zero-order valence-electron chi connectivity index (χ0n) is 11.5. The number of carbonyl (C=O) groups excluding carboxylic acids is 1. The fourth-order valence-corrected chi connectivity index (χ4v) is 2.72. The van der Waals surface area contributed by atoms with Crippen molar-refractivity contribution in [3.05, 3.63) is 29.9 Å². The molecular formula is C14H18N4OS. The number of anilines is 1. The third kappa shape index (κ3) is 3.54. The lowest BCUT2D eigenvalue weighted by Crippen LogP contribution is -2.25. The fourth-order valence-electron chi connectivity index (χ4n) is 1.79. The molecule has 106 valence electrons. The van der Waals surface area contributed by atoms with Crippen molar-refractivity contribution in [1.29, 1.82) is 0 Å². The first kappa shape index (κ1) is 14.5. The van der Waals surface area contributed by atoms with E-state index in [1.165, 1.54) is 4.88 Å². The summed E-state index contributed by atoms with van der Waals surface area (Å²) >= 11 is 1.68. The van der Waals surface area contributed by atoms with E-state index in [0.717, 1.165) is 22.5 Å². The van der Waals surface area contributed by atoms with Crippen LogP contribution in [0.5, 0.6) is 0 Å². The number of aromatic nitrogens is 2. The average molecular weight is 290 g/mol. The molecule has 0 aliphatic rings. The Morgan fingerprint density at radius 1 is 1.50 bits per heavy atom. The molecule has 20 heavy (non-hydrogen) atoms. The molecule has 0 bridgehead atoms. The number of aryl methyl sites for hydroxylation is 1. The van der Waals surface area contributed by atoms with Crippen LogP contribution in [0.4, 0.5) is 5.82 Å². The standard InChI is InChI=1S/C14H18N4OS/c1-3-6-15-12(19)5-7-16-13-11-8-10(4-2)20-14(11)18-9-17-13/h3,8-9H,1,4-7H2,2H3,(H,15,19)(H,16,17,18). The largest absolute Gasteiger partial charge is 0.369 e. The zero-order valence-corrected chi connectivity index (χ0v) is 12.3. The molecule has 5 nitrogen and oxygen atoms in total. The summed E-state index contributed by atoms with van der Waals surface area (Å²) in [6, 6.07) is 2.11. The zero-order chi connectivity index (χ0) is 14.4. The molecule has 0 atom stereocenters. The van der Waals surface area contributed by atoms with E-state index in [4.69, 9.17) is 0 Å². The molecule has 2 heterocycles. The molecule has 0 saturated carbocycles. The van der Waals surface area contributed by atoms with Crippen molar-refractivity contribution in [2.45, 2.75) is 19.8 Å². The topological polar surface area (TPSA) is 66.9 Å². The van der Waals surface area contributed by atoms with Gasteiger partial charge in [-0.25, -0.2) is 9.97 Å². The van der Waals surface area contributed by atoms with Crippen molar-refractivity contribution in [2.24, 2.45) is 0 Å². The second-order valence-electron chi connectivity index (χ2n) is 4.28. The molecule has 0 radical (unpaired) electrons. The van der Waals surface area contributed by atoms with Gasteiger partial charge in [-0.3, -0.25) is 4.79 Å². The second-order valence-corrected chi connectivity index (χ2v) is 5.39. The molecule has 2 N–H and O–H groups in total. The maximum absolute atomic E-state index is 11.5. The third-order valence-electron chi connectivity index (χ3n) is 2.82. The number of carbonyl (C=O) groups is 1. The summed E-state index contributed by atoms with van der Waals surface area (Å²) in [6.45, 7) is 6.73. The molecule has 0 aliphatic carbocycles. The molecule has 0 aliphatic heterocycles. The summed E-state index contributed by atoms with van der Waals surface area (Å²) in [7, 11) is 0. The summed E-state index contributed by atoms with van der Waals surface area (Å²) in [6.07, 6.45) is 4.61. The van der Waals surface area contributed by atoms with Gasteiger partial charge in [-0.1, -0.05) is 13.0 Å². The average Bonchev–Trinajstić information content (AvgIpc) is 2.89. The predicted octanol–water partition coefficient (Wildman–Crippen LogP) is 2.36. The highest BCUT2D eigenvalue weighted by Crippen LogP contribution is 2.28. The van der Waals surface area contributed by atoms with Crippen LogP contribution < -0.4 is 10.6 Å². The van der Waals surface area contributed by atoms with Gasteiger partial charge in [0, 0.05) is 24.4 Å². The number of thiophene rings is 1. The molecule has 0 aromatic carbocycles. The van der Waals surface area contributed by atoms with Crippen molar-refractivity contribution in [3.63, 3.8) is 0 Å². The summed E-state index contributed by atoms with van der Waals surface area (Å²) < 4.78 is 0. The molecule has 0 fully saturated rings. The molecule has 6 heteroatoms. The van der Waals surface area contributed by atoms with Gasteiger partial charge in [-0.15, -0.1) is 17.9 Å². The Labute approximate surface area is 122 Å². The molecule has 2 aromatic rings. The number of hydrogen-bond acceptors (Lipinski definition) is 5. The number of amides is 1. The van der Waals surface area contributed by atoms with E-state index in [2.05, 4.69) is 40.2 Å². The van der Waals surface area contributed by atoms with E-state index in [1.54, 1.807) is 23.7 Å². The van der Waals surface area contributed by atoms with Crippen molar-refractivity contribution in [1.82, 2.24) is 15.3 Å². The SMILES string of the molecule is C=CCNC(=O)CCNc1ncnc2sc(CC)cc12. The normalized spacial score (nSPS) is 10.4. The maximum Gasteiger partial charge on any atom is 0.222 e. The molecule has 0 saturated heterocycles. The minimum Gasteiger partial charge on any atom is -0.369 e. The van der Waals surface area contributed by atoms with Gasteiger partial charge < -0.3 is 10.6 Å². The maximum atomic E-state index is 11.5. The van der Waals surface area contributed by atoms with Gasteiger partial charge in [-0.2, -0.15) is 0 Å². The first-order valence-electron chi connectivity index (χ1n) is 6.59. The lowest BCUT2D eigenvalue weighted by atomic mass is 10.3. The number of hydrogen-bond donors (Lipinski definition) is 2. The van der Waals surface area contributed by atoms with Gasteiger partial charge in [0.05, 0.1) is 5.39 Å². The fraction of sp³-hybridized carbons (Fsp3) is 0.357. The Balaban J connectivity index is 1.97. The minimum absolute atomic E-state index is 0.00210. The van der Waals surface area contributed by atoms with Crippen molar-refractivity contribution >= 4 is 33.3 Å². The number of rotatable bonds is 7. The number of nitrogens with one attached hydrogen (secondary N) is 2. The predicted molar refractivity (Wildman–Crippen MR) is 83.1 cm³/mol. The minimum atomic E-state index is 0.00210. The van der Waals surface area contributed by atoms with E-state index >= 15 is 0 Å². The number of nitrogens with zero attached hydrogens (tertiary/aromatic N) is 2. The molecule has 2 aromatic heterocycles. The van der Waals surface area contributed by atoms with E-state index in [-0.39, 0.29) is 5.91 Å². The Morgan fingerprint density at radius 3 is 3.10 bits per heavy atom. The Kier molecular flexibility index (Phi) is 5.06. The Bertz CT molecular complexity index is 608. The molecule has 0 unspecified atom stereocenters. The van der Waals surface area contributed by atoms with Crippen LogP contribution in [0.1, 0.15) is 18.2 Å². The van der Waals surface area contributed by atoms with Crippen molar-refractivity contribution < 1.29 is 4.79 Å². The van der Waals surface area contributed by atoms with Gasteiger partial charge in [0.25, 0.3) is 0 Å². The van der Waals surface area contributed by atoms with E-state index in [9.17, 15) is 4.79 Å². The first-order chi connectivity index (χ1) is 9.74. The van der Waals surface area contributed by atoms with Gasteiger partial charge in [-0.05, 0) is 12.5 Å². The van der Waals surface area contributed by atoms with Crippen molar-refractivity contribution in [2.75, 3.05) is 18.4 Å². The van der Waals surface area contributed by atoms with Crippen LogP contribution in [0.25, 0.3) is 10.2 Å². The highest BCUT2D eigenvalue weighted by atomic mass is 32.1. The van der Waals surface area contributed by atoms with E-state index < -0.39 is 0 Å². The van der Waals surface area contributed by atoms with Crippen LogP contribution in [0.15, 0.2) is 25.0 Å². The lowest BCUT2D eigenvalue weighted by molar-refractivity contribution is -0.120. The smallest absolute Gasteiger partial charge is 0.222 e. The Hall–Kier alpha value is -1.95. The van der Waals surface area contributed by atoms with Crippen LogP contribution in [0, 0.1) is 0 Å². The van der Waals surface area contributed by atoms with Crippen molar-refractivity contribution in [3.8, 4) is 0 Å². The quantitative estimate of drug-likeness (QED) is 0.768. The van der Waals surface area contributed by atoms with Crippen LogP contribution in [-0.2, 0) is 11.2 Å². The lowest BCUT2D eigenvalue weighted by Gasteiger charge is -2.06. The van der Waals surface area contributed by atoms with Gasteiger partial charge in [0.1, 0.15) is 17.0 Å². The molecular weight excluding hydrogens is 272 g/mol. The van der Waals surface area contributed by atoms with E-state index in [1.807, 2.05) is 0 Å². The first-order valence-corrected chi connectivity index (χ1v) is 7.41. The van der Waals surface area contributed by atoms with Gasteiger partial charge in [0.15, 0.2) is 0 Å². The molecule has 0 spiro atoms. The Morgan fingerprint density at radius 2 is 2.35 bits per heavy atom. The summed E-state index contributed by atoms with van der Waals surface area (Å²) in [4.78, 5) is 22.3. The van der Waals surface area contributed by atoms with Crippen LogP contribution in [-0.4, -0.2) is 29.0 Å². The highest BCUT2D eigenvalue weighted by Gasteiger charge is 2.08. The van der Waals surface area contributed by atoms with Crippen LogP contribution in [0.2, 0.25) is 0 Å². The van der Waals surface area contributed by atoms with Crippen LogP contribution in [0.3, 0.4) is 0 Å². The monoisotopic (exact) mass is 290 g/mol. The van der Waals surface area contributed by atoms with Crippen LogP contribution >= 0.6 is 11.3 Å². The summed E-state index contributed by atoms with van der Waals surface area (Å²) in [5.41, 5.74) is 0. The second kappa shape index (κ2) is 7.00. The summed E-state index contributed by atoms with van der Waals surface area (Å²) in [5.74, 6) is 0.796. The molecule has 2 rings (SSSR count). The summed E-state index contributed by atoms with van der Waals surface area (Å²) in [5, 5.41) is 6.97. The van der Waals surface area contributed by atoms with Gasteiger partial charge >= 0.3 is 0 Å². The highest BCUT2D eigenvalue weighted by molar-refractivity contribution is 7.18.